The van der Waals surface area contributed by atoms with E-state index >= 15 is 0 Å². The Bertz CT molecular complexity index is 1290. The molecule has 3 aliphatic heterocycles. The molecule has 200 valence electrons. The van der Waals surface area contributed by atoms with Gasteiger partial charge in [-0.1, -0.05) is 30.3 Å². The molecule has 2 fully saturated rings. The van der Waals surface area contributed by atoms with Gasteiger partial charge in [0, 0.05) is 43.9 Å². The van der Waals surface area contributed by atoms with Crippen molar-refractivity contribution in [2.45, 2.75) is 44.9 Å². The molecule has 0 radical (unpaired) electrons. The van der Waals surface area contributed by atoms with Crippen LogP contribution in [0.15, 0.2) is 53.9 Å². The Balaban J connectivity index is 1.46. The summed E-state index contributed by atoms with van der Waals surface area (Å²) in [6.07, 6.45) is 2.45. The molecule has 7 nitrogen and oxygen atoms in total. The SMILES string of the molecule is CC12CCCCN(C1)C(=O)C1=C(OCc3ccccc3)C(=O)C(C(=O)NCc3c(F)cc(F)cc3F)CN12. The van der Waals surface area contributed by atoms with Crippen LogP contribution < -0.4 is 5.32 Å². The number of Topliss-reactive ketones (excluding diaryl/α,β-unsaturated/α-hetero) is 1. The summed E-state index contributed by atoms with van der Waals surface area (Å²) in [7, 11) is 0. The average molecular weight is 528 g/mol. The van der Waals surface area contributed by atoms with Crippen molar-refractivity contribution in [3.05, 3.63) is 82.5 Å². The first-order valence-electron chi connectivity index (χ1n) is 12.6. The van der Waals surface area contributed by atoms with Crippen LogP contribution in [0.4, 0.5) is 13.2 Å². The number of hydrogen-bond donors (Lipinski definition) is 1. The van der Waals surface area contributed by atoms with Crippen molar-refractivity contribution in [1.29, 1.82) is 0 Å². The molecule has 2 aromatic rings. The van der Waals surface area contributed by atoms with Crippen molar-refractivity contribution in [2.24, 2.45) is 5.92 Å². The number of carbonyl (C=O) groups is 3. The second kappa shape index (κ2) is 10.2. The van der Waals surface area contributed by atoms with Crippen LogP contribution in [0.25, 0.3) is 0 Å². The van der Waals surface area contributed by atoms with Gasteiger partial charge < -0.3 is 19.9 Å². The van der Waals surface area contributed by atoms with Crippen LogP contribution in [0.2, 0.25) is 0 Å². The molecule has 1 N–H and O–H groups in total. The summed E-state index contributed by atoms with van der Waals surface area (Å²) in [6.45, 7) is 2.41. The van der Waals surface area contributed by atoms with E-state index in [1.807, 2.05) is 42.2 Å². The predicted molar refractivity (Wildman–Crippen MR) is 130 cm³/mol. The van der Waals surface area contributed by atoms with Crippen molar-refractivity contribution in [2.75, 3.05) is 19.6 Å². The molecule has 5 rings (SSSR count). The molecule has 0 aromatic heterocycles. The topological polar surface area (TPSA) is 78.9 Å². The molecule has 3 aliphatic rings. The third-order valence-electron chi connectivity index (χ3n) is 7.54. The molecule has 0 spiro atoms. The summed E-state index contributed by atoms with van der Waals surface area (Å²) < 4.78 is 47.5. The molecular formula is C28H28F3N3O4. The lowest BCUT2D eigenvalue weighted by atomic mass is 9.84. The van der Waals surface area contributed by atoms with E-state index in [-0.39, 0.29) is 30.5 Å². The smallest absolute Gasteiger partial charge is 0.274 e. The van der Waals surface area contributed by atoms with E-state index in [9.17, 15) is 27.6 Å². The molecular weight excluding hydrogens is 499 g/mol. The molecule has 38 heavy (non-hydrogen) atoms. The Morgan fingerprint density at radius 2 is 1.82 bits per heavy atom. The molecule has 10 heteroatoms. The number of ether oxygens (including phenoxy) is 1. The van der Waals surface area contributed by atoms with Gasteiger partial charge in [-0.3, -0.25) is 14.4 Å². The highest BCUT2D eigenvalue weighted by molar-refractivity contribution is 6.14. The maximum Gasteiger partial charge on any atom is 0.274 e. The molecule has 2 saturated heterocycles. The molecule has 2 unspecified atom stereocenters. The number of hydrogen-bond acceptors (Lipinski definition) is 5. The quantitative estimate of drug-likeness (QED) is 0.583. The maximum atomic E-state index is 14.1. The van der Waals surface area contributed by atoms with Gasteiger partial charge >= 0.3 is 0 Å². The van der Waals surface area contributed by atoms with Gasteiger partial charge in [-0.05, 0) is 31.7 Å². The van der Waals surface area contributed by atoms with Crippen LogP contribution in [0, 0.1) is 23.4 Å². The molecule has 0 aliphatic carbocycles. The van der Waals surface area contributed by atoms with Crippen LogP contribution >= 0.6 is 0 Å². The zero-order valence-corrected chi connectivity index (χ0v) is 20.9. The van der Waals surface area contributed by atoms with Gasteiger partial charge in [0.05, 0.1) is 5.54 Å². The first kappa shape index (κ1) is 25.8. The number of fused-ring (bicyclic) bond motifs is 4. The van der Waals surface area contributed by atoms with Crippen LogP contribution in [0.5, 0.6) is 0 Å². The maximum absolute atomic E-state index is 14.1. The summed E-state index contributed by atoms with van der Waals surface area (Å²) in [6, 6.07) is 10.2. The van der Waals surface area contributed by atoms with Crippen molar-refractivity contribution in [3.63, 3.8) is 0 Å². The third-order valence-corrected chi connectivity index (χ3v) is 7.54. The summed E-state index contributed by atoms with van der Waals surface area (Å²) in [4.78, 5) is 43.9. The van der Waals surface area contributed by atoms with E-state index in [4.69, 9.17) is 4.74 Å². The Hall–Kier alpha value is -3.82. The first-order valence-corrected chi connectivity index (χ1v) is 12.6. The molecule has 2 bridgehead atoms. The fourth-order valence-electron chi connectivity index (χ4n) is 5.49. The fourth-order valence-corrected chi connectivity index (χ4v) is 5.49. The number of amides is 2. The highest BCUT2D eigenvalue weighted by atomic mass is 19.1. The van der Waals surface area contributed by atoms with Gasteiger partial charge in [0.2, 0.25) is 11.7 Å². The number of nitrogens with zero attached hydrogens (tertiary/aromatic N) is 2. The van der Waals surface area contributed by atoms with Crippen LogP contribution in [0.1, 0.15) is 37.3 Å². The minimum absolute atomic E-state index is 0.0174. The number of ketones is 1. The Morgan fingerprint density at radius 1 is 1.11 bits per heavy atom. The number of piperazine rings is 1. The minimum atomic E-state index is -1.27. The third kappa shape index (κ3) is 4.75. The van der Waals surface area contributed by atoms with Crippen molar-refractivity contribution in [1.82, 2.24) is 15.1 Å². The van der Waals surface area contributed by atoms with E-state index in [0.717, 1.165) is 24.8 Å². The van der Waals surface area contributed by atoms with Crippen LogP contribution in [-0.4, -0.2) is 52.6 Å². The second-order valence-electron chi connectivity index (χ2n) is 10.2. The number of nitrogens with one attached hydrogen (secondary N) is 1. The van der Waals surface area contributed by atoms with Crippen molar-refractivity contribution in [3.8, 4) is 0 Å². The van der Waals surface area contributed by atoms with Gasteiger partial charge in [0.25, 0.3) is 5.91 Å². The largest absolute Gasteiger partial charge is 0.483 e. The zero-order chi connectivity index (χ0) is 27.0. The second-order valence-corrected chi connectivity index (χ2v) is 10.2. The minimum Gasteiger partial charge on any atom is -0.483 e. The molecule has 3 heterocycles. The van der Waals surface area contributed by atoms with E-state index in [1.54, 1.807) is 4.90 Å². The average Bonchev–Trinajstić information content (AvgIpc) is 3.06. The summed E-state index contributed by atoms with van der Waals surface area (Å²) in [5.74, 6) is -6.53. The lowest BCUT2D eigenvalue weighted by Crippen LogP contribution is -2.65. The first-order chi connectivity index (χ1) is 18.2. The van der Waals surface area contributed by atoms with E-state index < -0.39 is 52.7 Å². The van der Waals surface area contributed by atoms with Crippen molar-refractivity contribution >= 4 is 17.6 Å². The highest BCUT2D eigenvalue weighted by Crippen LogP contribution is 2.40. The monoisotopic (exact) mass is 527 g/mol. The number of benzene rings is 2. The zero-order valence-electron chi connectivity index (χ0n) is 20.9. The molecule has 2 atom stereocenters. The van der Waals surface area contributed by atoms with E-state index in [0.29, 0.717) is 25.2 Å². The lowest BCUT2D eigenvalue weighted by molar-refractivity contribution is -0.146. The fraction of sp³-hybridized carbons (Fsp3) is 0.393. The van der Waals surface area contributed by atoms with Gasteiger partial charge in [-0.15, -0.1) is 0 Å². The highest BCUT2D eigenvalue weighted by Gasteiger charge is 2.52. The number of carbonyl (C=O) groups excluding carboxylic acids is 3. The molecule has 2 aromatic carbocycles. The standard InChI is InChI=1S/C28H28F3N3O4/c1-28-9-5-6-10-33(16-28)27(37)23-25(38-15-17-7-3-2-4-8-17)24(35)20(14-34(23)28)26(36)32-13-19-21(30)11-18(29)12-22(19)31/h2-4,7-8,11-12,20H,5-6,9-10,13-16H2,1H3,(H,32,36). The normalized spacial score (nSPS) is 23.2. The van der Waals surface area contributed by atoms with E-state index in [2.05, 4.69) is 5.32 Å². The van der Waals surface area contributed by atoms with Gasteiger partial charge in [0.15, 0.2) is 5.76 Å². The lowest BCUT2D eigenvalue weighted by Gasteiger charge is -2.52. The number of allylic oxidation sites excluding steroid dienone is 1. The molecule has 2 amide bonds. The number of halogens is 3. The Kier molecular flexibility index (Phi) is 6.90. The van der Waals surface area contributed by atoms with Crippen LogP contribution in [0.3, 0.4) is 0 Å². The Morgan fingerprint density at radius 3 is 2.53 bits per heavy atom. The molecule has 0 saturated carbocycles. The number of rotatable bonds is 6. The summed E-state index contributed by atoms with van der Waals surface area (Å²) in [5, 5.41) is 2.42. The van der Waals surface area contributed by atoms with Crippen molar-refractivity contribution < 1.29 is 32.3 Å². The Labute approximate surface area is 218 Å². The van der Waals surface area contributed by atoms with Gasteiger partial charge in [-0.25, -0.2) is 13.2 Å². The van der Waals surface area contributed by atoms with E-state index in [1.165, 1.54) is 0 Å². The summed E-state index contributed by atoms with van der Waals surface area (Å²) >= 11 is 0. The van der Waals surface area contributed by atoms with Gasteiger partial charge in [0.1, 0.15) is 35.7 Å². The predicted octanol–water partition coefficient (Wildman–Crippen LogP) is 3.43. The van der Waals surface area contributed by atoms with Gasteiger partial charge in [-0.2, -0.15) is 0 Å². The van der Waals surface area contributed by atoms with Crippen LogP contribution in [-0.2, 0) is 32.3 Å². The summed E-state index contributed by atoms with van der Waals surface area (Å²) in [5.41, 5.74) is -0.100.